The van der Waals surface area contributed by atoms with Crippen LogP contribution in [0.1, 0.15) is 17.3 Å². The monoisotopic (exact) mass is 175 g/mol. The highest BCUT2D eigenvalue weighted by Crippen LogP contribution is 2.20. The van der Waals surface area contributed by atoms with E-state index in [4.69, 9.17) is 5.73 Å². The zero-order chi connectivity index (χ0) is 9.30. The highest BCUT2D eigenvalue weighted by Gasteiger charge is 2.21. The number of halogens is 2. The Morgan fingerprint density at radius 2 is 2.17 bits per heavy atom. The zero-order valence-corrected chi connectivity index (χ0v) is 6.96. The average molecular weight is 175 g/mol. The second-order valence-corrected chi connectivity index (χ2v) is 2.67. The normalized spacial score (nSPS) is 13.8. The summed E-state index contributed by atoms with van der Waals surface area (Å²) < 4.78 is 25.8. The van der Waals surface area contributed by atoms with Gasteiger partial charge in [0.2, 0.25) is 0 Å². The molecule has 0 aromatic carbocycles. The fourth-order valence-corrected chi connectivity index (χ4v) is 0.979. The van der Waals surface area contributed by atoms with Gasteiger partial charge >= 0.3 is 0 Å². The molecular weight excluding hydrogens is 164 g/mol. The smallest absolute Gasteiger partial charge is 0.257 e. The first kappa shape index (κ1) is 9.12. The van der Waals surface area contributed by atoms with Crippen molar-refractivity contribution in [3.63, 3.8) is 0 Å². The van der Waals surface area contributed by atoms with Crippen LogP contribution in [0.4, 0.5) is 8.78 Å². The van der Waals surface area contributed by atoms with Gasteiger partial charge in [-0.2, -0.15) is 5.10 Å². The van der Waals surface area contributed by atoms with Gasteiger partial charge in [0.1, 0.15) is 0 Å². The van der Waals surface area contributed by atoms with Crippen LogP contribution in [0.5, 0.6) is 0 Å². The number of alkyl halides is 2. The quantitative estimate of drug-likeness (QED) is 0.728. The molecule has 1 unspecified atom stereocenters. The third-order valence-electron chi connectivity index (χ3n) is 1.90. The maximum absolute atomic E-state index is 12.1. The lowest BCUT2D eigenvalue weighted by molar-refractivity contribution is 0.116. The van der Waals surface area contributed by atoms with Crippen molar-refractivity contribution in [1.29, 1.82) is 0 Å². The summed E-state index contributed by atoms with van der Waals surface area (Å²) in [4.78, 5) is 0. The summed E-state index contributed by atoms with van der Waals surface area (Å²) in [5, 5.41) is 3.82. The second-order valence-electron chi connectivity index (χ2n) is 2.67. The van der Waals surface area contributed by atoms with Crippen LogP contribution >= 0.6 is 0 Å². The minimum absolute atomic E-state index is 0.410. The Hall–Kier alpha value is -0.970. The molecule has 0 aliphatic rings. The Morgan fingerprint density at radius 3 is 2.50 bits per heavy atom. The van der Waals surface area contributed by atoms with Crippen molar-refractivity contribution in [1.82, 2.24) is 9.78 Å². The van der Waals surface area contributed by atoms with Crippen LogP contribution in [0.15, 0.2) is 6.20 Å². The van der Waals surface area contributed by atoms with E-state index in [2.05, 4.69) is 5.10 Å². The third-order valence-corrected chi connectivity index (χ3v) is 1.90. The van der Waals surface area contributed by atoms with Crippen LogP contribution in [0.2, 0.25) is 0 Å². The van der Waals surface area contributed by atoms with Crippen LogP contribution in [0.25, 0.3) is 0 Å². The number of aryl methyl sites for hydroxylation is 1. The van der Waals surface area contributed by atoms with E-state index in [1.165, 1.54) is 10.9 Å². The minimum atomic E-state index is -2.53. The van der Waals surface area contributed by atoms with Crippen molar-refractivity contribution in [2.75, 3.05) is 0 Å². The zero-order valence-electron chi connectivity index (χ0n) is 6.96. The van der Waals surface area contributed by atoms with E-state index in [0.29, 0.717) is 11.3 Å². The maximum atomic E-state index is 12.1. The summed E-state index contributed by atoms with van der Waals surface area (Å²) in [6.07, 6.45) is -1.15. The summed E-state index contributed by atoms with van der Waals surface area (Å²) in [6.45, 7) is 1.71. The van der Waals surface area contributed by atoms with E-state index < -0.39 is 12.5 Å². The van der Waals surface area contributed by atoms with Gasteiger partial charge in [-0.3, -0.25) is 4.68 Å². The first-order valence-electron chi connectivity index (χ1n) is 3.56. The molecule has 0 saturated heterocycles. The first-order valence-corrected chi connectivity index (χ1v) is 3.56. The lowest BCUT2D eigenvalue weighted by Gasteiger charge is -2.08. The van der Waals surface area contributed by atoms with Crippen LogP contribution < -0.4 is 5.73 Å². The van der Waals surface area contributed by atoms with Gasteiger partial charge in [-0.15, -0.1) is 0 Å². The average Bonchev–Trinajstić information content (AvgIpc) is 2.32. The molecule has 1 aromatic heterocycles. The molecule has 5 heteroatoms. The Bertz CT molecular complexity index is 270. The van der Waals surface area contributed by atoms with E-state index in [9.17, 15) is 8.78 Å². The van der Waals surface area contributed by atoms with E-state index in [-0.39, 0.29) is 0 Å². The summed E-state index contributed by atoms with van der Waals surface area (Å²) in [5.74, 6) is 0. The fourth-order valence-electron chi connectivity index (χ4n) is 0.979. The molecule has 0 aliphatic heterocycles. The molecule has 12 heavy (non-hydrogen) atoms. The number of rotatable bonds is 2. The topological polar surface area (TPSA) is 43.8 Å². The molecule has 2 N–H and O–H groups in total. The van der Waals surface area contributed by atoms with Gasteiger partial charge in [-0.25, -0.2) is 8.78 Å². The van der Waals surface area contributed by atoms with Crippen molar-refractivity contribution in [2.45, 2.75) is 19.4 Å². The Kier molecular flexibility index (Phi) is 2.42. The Labute approximate surface area is 69.2 Å². The maximum Gasteiger partial charge on any atom is 0.257 e. The molecule has 0 fully saturated rings. The van der Waals surface area contributed by atoms with Gasteiger partial charge in [-0.1, -0.05) is 0 Å². The van der Waals surface area contributed by atoms with Crippen molar-refractivity contribution in [3.8, 4) is 0 Å². The molecular formula is C7H11F2N3. The molecule has 0 radical (unpaired) electrons. The molecule has 1 rings (SSSR count). The second kappa shape index (κ2) is 3.18. The first-order chi connectivity index (χ1) is 5.54. The van der Waals surface area contributed by atoms with Crippen molar-refractivity contribution in [3.05, 3.63) is 17.5 Å². The number of nitrogens with two attached hydrogens (primary N) is 1. The van der Waals surface area contributed by atoms with Gasteiger partial charge in [0.15, 0.2) is 0 Å². The van der Waals surface area contributed by atoms with Crippen LogP contribution in [0, 0.1) is 6.92 Å². The summed E-state index contributed by atoms with van der Waals surface area (Å²) >= 11 is 0. The molecule has 3 nitrogen and oxygen atoms in total. The lowest BCUT2D eigenvalue weighted by Crippen LogP contribution is -2.19. The predicted molar refractivity (Wildman–Crippen MR) is 40.9 cm³/mol. The van der Waals surface area contributed by atoms with Gasteiger partial charge in [-0.05, 0) is 6.92 Å². The SMILES string of the molecule is Cc1c(C(N)C(F)F)cnn1C. The van der Waals surface area contributed by atoms with Crippen LogP contribution in [-0.4, -0.2) is 16.2 Å². The van der Waals surface area contributed by atoms with Crippen molar-refractivity contribution in [2.24, 2.45) is 12.8 Å². The fraction of sp³-hybridized carbons (Fsp3) is 0.571. The van der Waals surface area contributed by atoms with E-state index >= 15 is 0 Å². The van der Waals surface area contributed by atoms with Crippen molar-refractivity contribution >= 4 is 0 Å². The number of aromatic nitrogens is 2. The lowest BCUT2D eigenvalue weighted by atomic mass is 10.1. The van der Waals surface area contributed by atoms with Crippen LogP contribution in [-0.2, 0) is 7.05 Å². The van der Waals surface area contributed by atoms with Gasteiger partial charge in [0.05, 0.1) is 12.2 Å². The van der Waals surface area contributed by atoms with E-state index in [1.54, 1.807) is 14.0 Å². The molecule has 1 atom stereocenters. The molecule has 1 aromatic rings. The Morgan fingerprint density at radius 1 is 1.58 bits per heavy atom. The number of hydrogen-bond acceptors (Lipinski definition) is 2. The summed E-state index contributed by atoms with van der Waals surface area (Å²) in [6, 6.07) is -1.22. The standard InChI is InChI=1S/C7H11F2N3/c1-4-5(3-11-12(4)2)6(10)7(8)9/h3,6-7H,10H2,1-2H3. The summed E-state index contributed by atoms with van der Waals surface area (Å²) in [7, 11) is 1.69. The summed E-state index contributed by atoms with van der Waals surface area (Å²) in [5.41, 5.74) is 6.34. The minimum Gasteiger partial charge on any atom is -0.319 e. The highest BCUT2D eigenvalue weighted by atomic mass is 19.3. The van der Waals surface area contributed by atoms with Crippen LogP contribution in [0.3, 0.4) is 0 Å². The predicted octanol–water partition coefficient (Wildman–Crippen LogP) is 0.993. The van der Waals surface area contributed by atoms with Gasteiger partial charge in [0.25, 0.3) is 6.43 Å². The molecule has 0 saturated carbocycles. The van der Waals surface area contributed by atoms with Crippen molar-refractivity contribution < 1.29 is 8.78 Å². The van der Waals surface area contributed by atoms with Gasteiger partial charge in [0, 0.05) is 18.3 Å². The molecule has 0 amide bonds. The number of nitrogens with zero attached hydrogens (tertiary/aromatic N) is 2. The molecule has 0 spiro atoms. The van der Waals surface area contributed by atoms with Gasteiger partial charge < -0.3 is 5.73 Å². The molecule has 0 aliphatic carbocycles. The third kappa shape index (κ3) is 1.45. The van der Waals surface area contributed by atoms with E-state index in [1.807, 2.05) is 0 Å². The van der Waals surface area contributed by atoms with E-state index in [0.717, 1.165) is 0 Å². The molecule has 0 bridgehead atoms. The largest absolute Gasteiger partial charge is 0.319 e. The molecule has 1 heterocycles. The Balaban J connectivity index is 2.95. The molecule has 68 valence electrons. The highest BCUT2D eigenvalue weighted by molar-refractivity contribution is 5.20. The number of hydrogen-bond donors (Lipinski definition) is 1.